The van der Waals surface area contributed by atoms with E-state index in [1.165, 1.54) is 13.1 Å². The van der Waals surface area contributed by atoms with Gasteiger partial charge in [0.1, 0.15) is 0 Å². The van der Waals surface area contributed by atoms with Crippen LogP contribution in [0.4, 0.5) is 0 Å². The normalized spacial score (nSPS) is 10.4. The molecule has 0 bridgehead atoms. The van der Waals surface area contributed by atoms with E-state index in [2.05, 4.69) is 96.7 Å². The van der Waals surface area contributed by atoms with Crippen LogP contribution in [0.2, 0.25) is 5.71 Å². The van der Waals surface area contributed by atoms with E-state index in [0.29, 0.717) is 0 Å². The molecular weight excluding hydrogens is 365 g/mol. The summed E-state index contributed by atoms with van der Waals surface area (Å²) in [5, 5.41) is 14.8. The van der Waals surface area contributed by atoms with Crippen molar-refractivity contribution in [3.8, 4) is 0 Å². The summed E-state index contributed by atoms with van der Waals surface area (Å²) in [6.45, 7) is 0. The molecule has 0 heterocycles. The molecule has 0 aliphatic rings. The average molecular weight is 383 g/mol. The Labute approximate surface area is 144 Å². The van der Waals surface area contributed by atoms with Gasteiger partial charge < -0.3 is 15.3 Å². The summed E-state index contributed by atoms with van der Waals surface area (Å²) in [4.78, 5) is 8.25. The van der Waals surface area contributed by atoms with Crippen LogP contribution in [0.3, 0.4) is 0 Å². The molecular formula is C19H18AsNO3. The van der Waals surface area contributed by atoms with Crippen molar-refractivity contribution in [2.45, 2.75) is 5.71 Å². The smallest absolute Gasteiger partial charge is 0.0689 e. The monoisotopic (exact) mass is 383 g/mol. The number of benzene rings is 3. The van der Waals surface area contributed by atoms with Crippen molar-refractivity contribution in [2.24, 2.45) is 0 Å². The Hall–Kier alpha value is -2.58. The van der Waals surface area contributed by atoms with Crippen LogP contribution in [-0.4, -0.2) is 18.6 Å². The van der Waals surface area contributed by atoms with E-state index < -0.39 is 18.6 Å². The summed E-state index contributed by atoms with van der Waals surface area (Å²) >= 11 is -2.29. The number of hydrogen-bond donors (Lipinski definition) is 0. The number of rotatable bonds is 3. The topological polar surface area (TPSA) is 66.2 Å². The fourth-order valence-corrected chi connectivity index (χ4v) is 9.34. The Morgan fingerprint density at radius 1 is 0.625 bits per heavy atom. The summed E-state index contributed by atoms with van der Waals surface area (Å²) in [6.07, 6.45) is 0. The first-order chi connectivity index (χ1) is 11.5. The molecule has 3 rings (SSSR count). The first kappa shape index (κ1) is 17.8. The summed E-state index contributed by atoms with van der Waals surface area (Å²) in [7, 11) is 0. The molecule has 0 spiro atoms. The van der Waals surface area contributed by atoms with Crippen LogP contribution in [0.5, 0.6) is 0 Å². The molecule has 0 unspecified atom stereocenters. The van der Waals surface area contributed by atoms with Crippen LogP contribution in [0.1, 0.15) is 0 Å². The molecule has 0 aliphatic carbocycles. The molecule has 5 heteroatoms. The second-order valence-corrected chi connectivity index (χ2v) is 12.7. The first-order valence-electron chi connectivity index (χ1n) is 7.40. The van der Waals surface area contributed by atoms with Gasteiger partial charge in [-0.3, -0.25) is 0 Å². The van der Waals surface area contributed by atoms with Gasteiger partial charge in [0.2, 0.25) is 0 Å². The number of hydrogen-bond acceptors (Lipinski definition) is 3. The van der Waals surface area contributed by atoms with Gasteiger partial charge in [0.15, 0.2) is 0 Å². The molecule has 4 nitrogen and oxygen atoms in total. The van der Waals surface area contributed by atoms with Gasteiger partial charge in [0.25, 0.3) is 0 Å². The van der Waals surface area contributed by atoms with Gasteiger partial charge in [-0.15, -0.1) is 0 Å². The van der Waals surface area contributed by atoms with E-state index in [1.807, 2.05) is 0 Å². The zero-order valence-electron chi connectivity index (χ0n) is 13.3. The minimum absolute atomic E-state index is 1.49. The third kappa shape index (κ3) is 4.24. The Kier molecular flexibility index (Phi) is 6.16. The summed E-state index contributed by atoms with van der Waals surface area (Å²) in [5.41, 5.74) is 2.47. The molecule has 0 atom stereocenters. The van der Waals surface area contributed by atoms with Gasteiger partial charge in [-0.2, -0.15) is 0 Å². The molecule has 3 aromatic rings. The fraction of sp³-hybridized carbons (Fsp3) is 0.0526. The molecule has 0 amide bonds. The maximum absolute atomic E-state index is 8.25. The van der Waals surface area contributed by atoms with Crippen LogP contribution in [0, 0.1) is 15.3 Å². The van der Waals surface area contributed by atoms with Crippen LogP contribution >= 0.6 is 0 Å². The van der Waals surface area contributed by atoms with Crippen molar-refractivity contribution in [3.05, 3.63) is 106 Å². The maximum atomic E-state index is 8.25. The molecule has 0 radical (unpaired) electrons. The van der Waals surface area contributed by atoms with E-state index in [9.17, 15) is 0 Å². The maximum Gasteiger partial charge on any atom is 0.0689 e. The average Bonchev–Trinajstić information content (AvgIpc) is 2.63. The number of nitrogens with zero attached hydrogens (tertiary/aromatic N) is 1. The predicted molar refractivity (Wildman–Crippen MR) is 100 cm³/mol. The fourth-order valence-electron chi connectivity index (χ4n) is 2.63. The molecule has 0 aliphatic heterocycles. The van der Waals surface area contributed by atoms with E-state index in [4.69, 9.17) is 15.3 Å². The third-order valence-electron chi connectivity index (χ3n) is 3.82. The minimum atomic E-state index is -2.29. The van der Waals surface area contributed by atoms with E-state index in [0.717, 1.165) is 0 Å². The van der Waals surface area contributed by atoms with Gasteiger partial charge in [-0.05, 0) is 0 Å². The van der Waals surface area contributed by atoms with Gasteiger partial charge in [-0.25, -0.2) is 0 Å². The summed E-state index contributed by atoms with van der Waals surface area (Å²) in [5.74, 6) is 0. The standard InChI is InChI=1S/C19H18As.NO3/c1-20(17-11-5-2-6-12-17,18-13-7-3-8-14-18)19-15-9-4-10-16-19;2-1(3)4/h2-16H,1H3;/q+1;-1. The van der Waals surface area contributed by atoms with Crippen LogP contribution < -0.4 is 13.1 Å². The van der Waals surface area contributed by atoms with Crippen LogP contribution in [0.25, 0.3) is 0 Å². The Morgan fingerprint density at radius 2 is 0.833 bits per heavy atom. The molecule has 0 fully saturated rings. The first-order valence-corrected chi connectivity index (χ1v) is 12.1. The molecule has 0 aromatic heterocycles. The quantitative estimate of drug-likeness (QED) is 0.397. The van der Waals surface area contributed by atoms with Gasteiger partial charge in [0.05, 0.1) is 5.09 Å². The molecule has 3 aromatic carbocycles. The van der Waals surface area contributed by atoms with Gasteiger partial charge >= 0.3 is 123 Å². The second-order valence-electron chi connectivity index (χ2n) is 5.24. The third-order valence-corrected chi connectivity index (χ3v) is 12.2. The van der Waals surface area contributed by atoms with Crippen molar-refractivity contribution in [1.29, 1.82) is 0 Å². The molecule has 0 N–H and O–H groups in total. The van der Waals surface area contributed by atoms with Gasteiger partial charge in [-0.1, -0.05) is 0 Å². The zero-order valence-corrected chi connectivity index (χ0v) is 15.2. The summed E-state index contributed by atoms with van der Waals surface area (Å²) in [6, 6.07) is 32.9. The van der Waals surface area contributed by atoms with Gasteiger partial charge in [0, 0.05) is 0 Å². The molecule has 24 heavy (non-hydrogen) atoms. The Morgan fingerprint density at radius 3 is 1.04 bits per heavy atom. The zero-order chi connectivity index (χ0) is 17.4. The predicted octanol–water partition coefficient (Wildman–Crippen LogP) is 2.55. The van der Waals surface area contributed by atoms with Crippen LogP contribution in [0.15, 0.2) is 91.0 Å². The largest absolute Gasteiger partial charge is 0.356 e. The van der Waals surface area contributed by atoms with Crippen molar-refractivity contribution in [2.75, 3.05) is 0 Å². The van der Waals surface area contributed by atoms with Crippen molar-refractivity contribution < 1.29 is 5.09 Å². The molecule has 0 saturated heterocycles. The van der Waals surface area contributed by atoms with E-state index >= 15 is 0 Å². The van der Waals surface area contributed by atoms with Crippen molar-refractivity contribution in [1.82, 2.24) is 0 Å². The second kappa shape index (κ2) is 8.32. The van der Waals surface area contributed by atoms with E-state index in [1.54, 1.807) is 0 Å². The Balaban J connectivity index is 0.000000471. The Bertz CT molecular complexity index is 664. The SMILES string of the molecule is C[As+](c1ccccc1)(c1ccccc1)c1ccccc1.O=[N+]([O-])[O-]. The summed E-state index contributed by atoms with van der Waals surface area (Å²) < 4.78 is 4.47. The minimum Gasteiger partial charge on any atom is -0.356 e. The van der Waals surface area contributed by atoms with Crippen LogP contribution in [-0.2, 0) is 0 Å². The van der Waals surface area contributed by atoms with Crippen molar-refractivity contribution >= 4 is 26.6 Å². The molecule has 0 saturated carbocycles. The van der Waals surface area contributed by atoms with E-state index in [-0.39, 0.29) is 0 Å². The van der Waals surface area contributed by atoms with Crippen molar-refractivity contribution in [3.63, 3.8) is 0 Å². The molecule has 122 valence electrons.